The number of benzene rings is 3. The van der Waals surface area contributed by atoms with Gasteiger partial charge in [-0.15, -0.1) is 0 Å². The molecule has 0 radical (unpaired) electrons. The van der Waals surface area contributed by atoms with E-state index in [1.165, 1.54) is 6.21 Å². The van der Waals surface area contributed by atoms with Crippen molar-refractivity contribution in [2.45, 2.75) is 0 Å². The van der Waals surface area contributed by atoms with Crippen molar-refractivity contribution in [3.05, 3.63) is 107 Å². The number of hydrogen-bond donors (Lipinski definition) is 0. The number of oxime groups is 1. The average molecular weight is 325 g/mol. The summed E-state index contributed by atoms with van der Waals surface area (Å²) in [6.07, 6.45) is 1.50. The van der Waals surface area contributed by atoms with E-state index in [2.05, 4.69) is 17.0 Å². The molecule has 120 valence electrons. The minimum Gasteiger partial charge on any atom is -0.313 e. The molecule has 0 amide bonds. The van der Waals surface area contributed by atoms with Crippen LogP contribution in [0.2, 0.25) is 0 Å². The van der Waals surface area contributed by atoms with E-state index >= 15 is 0 Å². The fourth-order valence-electron chi connectivity index (χ4n) is 2.08. The molecule has 0 saturated heterocycles. The lowest BCUT2D eigenvalue weighted by molar-refractivity contribution is 0.0519. The molecule has 0 aliphatic rings. The number of carbonyl (C=O) groups is 1. The van der Waals surface area contributed by atoms with Crippen LogP contribution in [0.5, 0.6) is 0 Å². The smallest absolute Gasteiger partial charge is 0.313 e. The zero-order valence-electron chi connectivity index (χ0n) is 13.4. The Labute approximate surface area is 146 Å². The molecule has 0 unspecified atom stereocenters. The van der Waals surface area contributed by atoms with Crippen molar-refractivity contribution in [3.63, 3.8) is 0 Å². The molecule has 25 heavy (non-hydrogen) atoms. The fraction of sp³-hybridized carbons (Fsp3) is 0. The number of nitrogens with zero attached hydrogens (tertiary/aromatic N) is 1. The van der Waals surface area contributed by atoms with Crippen molar-refractivity contribution in [3.8, 4) is 11.8 Å². The molecule has 0 fully saturated rings. The topological polar surface area (TPSA) is 38.7 Å². The molecule has 3 aromatic rings. The van der Waals surface area contributed by atoms with Gasteiger partial charge in [-0.2, -0.15) is 0 Å². The van der Waals surface area contributed by atoms with E-state index in [0.717, 1.165) is 16.7 Å². The summed E-state index contributed by atoms with van der Waals surface area (Å²) < 4.78 is 0. The lowest BCUT2D eigenvalue weighted by Crippen LogP contribution is -2.00. The summed E-state index contributed by atoms with van der Waals surface area (Å²) >= 11 is 0. The molecular weight excluding hydrogens is 310 g/mol. The van der Waals surface area contributed by atoms with Crippen molar-refractivity contribution in [1.29, 1.82) is 0 Å². The number of carbonyl (C=O) groups excluding carboxylic acids is 1. The molecule has 0 bridgehead atoms. The van der Waals surface area contributed by atoms with Crippen LogP contribution >= 0.6 is 0 Å². The SMILES string of the molecule is O=C(O/N=C/c1ccc(C#Cc2ccccc2)cc1)c1ccccc1. The standard InChI is InChI=1S/C22H15NO2/c24-22(21-9-5-2-6-10-21)25-23-17-20-15-13-19(14-16-20)12-11-18-7-3-1-4-8-18/h1-10,13-17H/b23-17+. The molecule has 0 atom stereocenters. The summed E-state index contributed by atoms with van der Waals surface area (Å²) in [6, 6.07) is 26.1. The lowest BCUT2D eigenvalue weighted by Gasteiger charge is -1.97. The summed E-state index contributed by atoms with van der Waals surface area (Å²) in [5, 5.41) is 3.73. The first-order valence-corrected chi connectivity index (χ1v) is 7.78. The van der Waals surface area contributed by atoms with Gasteiger partial charge in [0.15, 0.2) is 0 Å². The van der Waals surface area contributed by atoms with Gasteiger partial charge in [0.05, 0.1) is 11.8 Å². The second-order valence-corrected chi connectivity index (χ2v) is 5.22. The highest BCUT2D eigenvalue weighted by molar-refractivity contribution is 5.90. The minimum absolute atomic E-state index is 0.464. The van der Waals surface area contributed by atoms with Crippen LogP contribution in [-0.2, 0) is 4.84 Å². The van der Waals surface area contributed by atoms with Gasteiger partial charge in [0.25, 0.3) is 0 Å². The Morgan fingerprint density at radius 2 is 1.32 bits per heavy atom. The maximum absolute atomic E-state index is 11.8. The fourth-order valence-corrected chi connectivity index (χ4v) is 2.08. The second-order valence-electron chi connectivity index (χ2n) is 5.22. The Morgan fingerprint density at radius 3 is 1.96 bits per heavy atom. The Morgan fingerprint density at radius 1 is 0.760 bits per heavy atom. The molecular formula is C22H15NO2. The zero-order valence-corrected chi connectivity index (χ0v) is 13.4. The van der Waals surface area contributed by atoms with Gasteiger partial charge in [-0.25, -0.2) is 4.79 Å². The van der Waals surface area contributed by atoms with Crippen molar-refractivity contribution in [1.82, 2.24) is 0 Å². The maximum atomic E-state index is 11.8. The first-order chi connectivity index (χ1) is 12.3. The molecule has 0 saturated carbocycles. The first-order valence-electron chi connectivity index (χ1n) is 7.78. The molecule has 0 aliphatic heterocycles. The van der Waals surface area contributed by atoms with E-state index < -0.39 is 5.97 Å². The normalized spacial score (nSPS) is 10.1. The van der Waals surface area contributed by atoms with Crippen LogP contribution in [-0.4, -0.2) is 12.2 Å². The van der Waals surface area contributed by atoms with Crippen molar-refractivity contribution in [2.24, 2.45) is 5.16 Å². The van der Waals surface area contributed by atoms with Gasteiger partial charge in [-0.05, 0) is 42.0 Å². The van der Waals surface area contributed by atoms with Gasteiger partial charge in [0.1, 0.15) is 0 Å². The zero-order chi connectivity index (χ0) is 17.3. The van der Waals surface area contributed by atoms with E-state index in [0.29, 0.717) is 5.56 Å². The van der Waals surface area contributed by atoms with E-state index in [1.54, 1.807) is 24.3 Å². The molecule has 3 heteroatoms. The Bertz CT molecular complexity index is 919. The highest BCUT2D eigenvalue weighted by atomic mass is 16.7. The maximum Gasteiger partial charge on any atom is 0.365 e. The quantitative estimate of drug-likeness (QED) is 0.312. The first kappa shape index (κ1) is 16.2. The van der Waals surface area contributed by atoms with Crippen LogP contribution in [0.4, 0.5) is 0 Å². The number of hydrogen-bond acceptors (Lipinski definition) is 3. The Hall–Kier alpha value is -3.64. The van der Waals surface area contributed by atoms with Crippen LogP contribution in [0.25, 0.3) is 0 Å². The minimum atomic E-state index is -0.484. The Kier molecular flexibility index (Phi) is 5.37. The predicted octanol–water partition coefficient (Wildman–Crippen LogP) is 4.28. The van der Waals surface area contributed by atoms with Crippen LogP contribution in [0.3, 0.4) is 0 Å². The summed E-state index contributed by atoms with van der Waals surface area (Å²) in [6.45, 7) is 0. The van der Waals surface area contributed by atoms with Gasteiger partial charge in [-0.1, -0.05) is 65.5 Å². The molecule has 3 aromatic carbocycles. The second kappa shape index (κ2) is 8.28. The molecule has 0 spiro atoms. The van der Waals surface area contributed by atoms with Crippen molar-refractivity contribution >= 4 is 12.2 Å². The van der Waals surface area contributed by atoms with Gasteiger partial charge in [0.2, 0.25) is 0 Å². The van der Waals surface area contributed by atoms with E-state index in [4.69, 9.17) is 4.84 Å². The molecule has 0 heterocycles. The third-order valence-corrected chi connectivity index (χ3v) is 3.38. The highest BCUT2D eigenvalue weighted by Crippen LogP contribution is 2.04. The van der Waals surface area contributed by atoms with Gasteiger partial charge in [0, 0.05) is 11.1 Å². The summed E-state index contributed by atoms with van der Waals surface area (Å²) in [7, 11) is 0. The molecule has 0 aromatic heterocycles. The van der Waals surface area contributed by atoms with Crippen molar-refractivity contribution in [2.75, 3.05) is 0 Å². The largest absolute Gasteiger partial charge is 0.365 e. The van der Waals surface area contributed by atoms with Crippen LogP contribution < -0.4 is 0 Å². The van der Waals surface area contributed by atoms with E-state index in [9.17, 15) is 4.79 Å². The third-order valence-electron chi connectivity index (χ3n) is 3.38. The molecule has 3 nitrogen and oxygen atoms in total. The van der Waals surface area contributed by atoms with Crippen molar-refractivity contribution < 1.29 is 9.63 Å². The van der Waals surface area contributed by atoms with Gasteiger partial charge < -0.3 is 4.84 Å². The Balaban J connectivity index is 1.59. The molecule has 0 aliphatic carbocycles. The van der Waals surface area contributed by atoms with E-state index in [1.807, 2.05) is 60.7 Å². The number of rotatable bonds is 3. The van der Waals surface area contributed by atoms with E-state index in [-0.39, 0.29) is 0 Å². The third kappa shape index (κ3) is 4.92. The van der Waals surface area contributed by atoms with Crippen LogP contribution in [0, 0.1) is 11.8 Å². The van der Waals surface area contributed by atoms with Gasteiger partial charge >= 0.3 is 5.97 Å². The summed E-state index contributed by atoms with van der Waals surface area (Å²) in [5.74, 6) is 5.72. The lowest BCUT2D eigenvalue weighted by atomic mass is 10.1. The van der Waals surface area contributed by atoms with Crippen LogP contribution in [0.1, 0.15) is 27.0 Å². The highest BCUT2D eigenvalue weighted by Gasteiger charge is 2.04. The summed E-state index contributed by atoms with van der Waals surface area (Å²) in [5.41, 5.74) is 3.17. The predicted molar refractivity (Wildman–Crippen MR) is 98.3 cm³/mol. The average Bonchev–Trinajstić information content (AvgIpc) is 2.69. The van der Waals surface area contributed by atoms with Gasteiger partial charge in [-0.3, -0.25) is 0 Å². The molecule has 3 rings (SSSR count). The molecule has 0 N–H and O–H groups in total. The summed E-state index contributed by atoms with van der Waals surface area (Å²) in [4.78, 5) is 16.6. The monoisotopic (exact) mass is 325 g/mol. The van der Waals surface area contributed by atoms with Crippen LogP contribution in [0.15, 0.2) is 90.1 Å².